The molecule has 0 spiro atoms. The monoisotopic (exact) mass is 237 g/mol. The molecule has 0 aliphatic rings. The van der Waals surface area contributed by atoms with Crippen molar-refractivity contribution in [1.29, 1.82) is 0 Å². The van der Waals surface area contributed by atoms with Gasteiger partial charge in [-0.2, -0.15) is 0 Å². The Labute approximate surface area is 95.9 Å². The molecule has 0 bridgehead atoms. The van der Waals surface area contributed by atoms with E-state index in [-0.39, 0.29) is 4.94 Å². The van der Waals surface area contributed by atoms with Crippen molar-refractivity contribution in [3.05, 3.63) is 33.5 Å². The summed E-state index contributed by atoms with van der Waals surface area (Å²) in [6, 6.07) is 3.57. The third-order valence-electron chi connectivity index (χ3n) is 2.12. The summed E-state index contributed by atoms with van der Waals surface area (Å²) in [5, 5.41) is 0. The van der Waals surface area contributed by atoms with Gasteiger partial charge in [0.05, 0.1) is 11.8 Å². The molecule has 1 aromatic heterocycles. The summed E-state index contributed by atoms with van der Waals surface area (Å²) in [4.78, 5) is 10.8. The van der Waals surface area contributed by atoms with Crippen LogP contribution in [0.5, 0.6) is 5.75 Å². The van der Waals surface area contributed by atoms with Gasteiger partial charge < -0.3 is 14.9 Å². The lowest BCUT2D eigenvalue weighted by Crippen LogP contribution is -1.92. The molecule has 0 aliphatic heterocycles. The molecule has 0 atom stereocenters. The number of hydrogen-bond acceptors (Lipinski definition) is 5. The van der Waals surface area contributed by atoms with E-state index >= 15 is 0 Å². The molecule has 0 amide bonds. The van der Waals surface area contributed by atoms with Gasteiger partial charge in [0.15, 0.2) is 0 Å². The second kappa shape index (κ2) is 4.51. The lowest BCUT2D eigenvalue weighted by molar-refractivity contribution is 0.414. The minimum absolute atomic E-state index is 0.308. The highest BCUT2D eigenvalue weighted by molar-refractivity contribution is 7.16. The summed E-state index contributed by atoms with van der Waals surface area (Å²) in [5.74, 6) is 0.703. The lowest BCUT2D eigenvalue weighted by Gasteiger charge is -2.03. The fourth-order valence-electron chi connectivity index (χ4n) is 1.42. The van der Waals surface area contributed by atoms with Gasteiger partial charge in [0, 0.05) is 18.2 Å². The molecule has 0 radical (unpaired) electrons. The normalized spacial score (nSPS) is 11.4. The summed E-state index contributed by atoms with van der Waals surface area (Å²) >= 11 is 1.06. The van der Waals surface area contributed by atoms with Crippen LogP contribution >= 0.6 is 11.3 Å². The SMILES string of the molecule is COc1cc2sc(=O)oc2cc1/C=C/CN. The third-order valence-corrected chi connectivity index (χ3v) is 2.91. The van der Waals surface area contributed by atoms with Crippen LogP contribution in [0.15, 0.2) is 27.4 Å². The fourth-order valence-corrected chi connectivity index (χ4v) is 2.10. The highest BCUT2D eigenvalue weighted by Crippen LogP contribution is 2.28. The van der Waals surface area contributed by atoms with E-state index in [0.29, 0.717) is 17.9 Å². The van der Waals surface area contributed by atoms with Crippen molar-refractivity contribution in [2.24, 2.45) is 5.73 Å². The van der Waals surface area contributed by atoms with E-state index in [0.717, 1.165) is 21.6 Å². The van der Waals surface area contributed by atoms with Crippen molar-refractivity contribution in [1.82, 2.24) is 0 Å². The molecule has 0 saturated heterocycles. The molecule has 2 aromatic rings. The number of benzene rings is 1. The third kappa shape index (κ3) is 2.00. The van der Waals surface area contributed by atoms with Gasteiger partial charge in [0.2, 0.25) is 0 Å². The number of fused-ring (bicyclic) bond motifs is 1. The second-order valence-electron chi connectivity index (χ2n) is 3.13. The van der Waals surface area contributed by atoms with Crippen LogP contribution in [-0.2, 0) is 0 Å². The minimum Gasteiger partial charge on any atom is -0.496 e. The summed E-state index contributed by atoms with van der Waals surface area (Å²) in [6.45, 7) is 0.453. The van der Waals surface area contributed by atoms with Crippen molar-refractivity contribution < 1.29 is 9.15 Å². The van der Waals surface area contributed by atoms with E-state index in [1.165, 1.54) is 0 Å². The summed E-state index contributed by atoms with van der Waals surface area (Å²) in [5.41, 5.74) is 6.81. The predicted molar refractivity (Wildman–Crippen MR) is 65.0 cm³/mol. The molecule has 2 rings (SSSR count). The largest absolute Gasteiger partial charge is 0.496 e. The Bertz CT molecular complexity index is 582. The molecule has 16 heavy (non-hydrogen) atoms. The van der Waals surface area contributed by atoms with Gasteiger partial charge in [-0.25, -0.2) is 4.79 Å². The molecule has 1 aromatic carbocycles. The maximum Gasteiger partial charge on any atom is 0.396 e. The van der Waals surface area contributed by atoms with Crippen LogP contribution in [-0.4, -0.2) is 13.7 Å². The summed E-state index contributed by atoms with van der Waals surface area (Å²) in [6.07, 6.45) is 3.66. The van der Waals surface area contributed by atoms with Crippen LogP contribution in [0, 0.1) is 0 Å². The maximum absolute atomic E-state index is 11.1. The van der Waals surface area contributed by atoms with Crippen LogP contribution in [0.4, 0.5) is 0 Å². The van der Waals surface area contributed by atoms with E-state index in [1.807, 2.05) is 12.2 Å². The van der Waals surface area contributed by atoms with Gasteiger partial charge in [0.1, 0.15) is 11.3 Å². The van der Waals surface area contributed by atoms with Crippen LogP contribution in [0.1, 0.15) is 5.56 Å². The smallest absolute Gasteiger partial charge is 0.396 e. The van der Waals surface area contributed by atoms with Crippen LogP contribution in [0.25, 0.3) is 16.4 Å². The average molecular weight is 237 g/mol. The first-order valence-corrected chi connectivity index (χ1v) is 5.54. The molecule has 0 unspecified atom stereocenters. The predicted octanol–water partition coefficient (Wildman–Crippen LogP) is 1.83. The van der Waals surface area contributed by atoms with Crippen molar-refractivity contribution in [3.8, 4) is 5.75 Å². The van der Waals surface area contributed by atoms with E-state index in [9.17, 15) is 4.79 Å². The number of rotatable bonds is 3. The van der Waals surface area contributed by atoms with E-state index < -0.39 is 0 Å². The number of hydrogen-bond donors (Lipinski definition) is 1. The molecule has 4 nitrogen and oxygen atoms in total. The highest BCUT2D eigenvalue weighted by atomic mass is 32.1. The molecule has 0 fully saturated rings. The van der Waals surface area contributed by atoms with E-state index in [1.54, 1.807) is 19.2 Å². The Kier molecular flexibility index (Phi) is 3.07. The van der Waals surface area contributed by atoms with Gasteiger partial charge >= 0.3 is 4.94 Å². The Morgan fingerprint density at radius 2 is 2.38 bits per heavy atom. The second-order valence-corrected chi connectivity index (χ2v) is 4.11. The zero-order valence-electron chi connectivity index (χ0n) is 8.73. The minimum atomic E-state index is -0.308. The van der Waals surface area contributed by atoms with E-state index in [2.05, 4.69) is 0 Å². The Morgan fingerprint density at radius 3 is 3.06 bits per heavy atom. The highest BCUT2D eigenvalue weighted by Gasteiger charge is 2.07. The molecule has 84 valence electrons. The number of nitrogens with two attached hydrogens (primary N) is 1. The van der Waals surface area contributed by atoms with Gasteiger partial charge in [-0.15, -0.1) is 0 Å². The molecule has 0 saturated carbocycles. The maximum atomic E-state index is 11.1. The molecular formula is C11H11NO3S. The Balaban J connectivity index is 2.61. The Hall–Kier alpha value is -1.59. The number of methoxy groups -OCH3 is 1. The standard InChI is InChI=1S/C11H11NO3S/c1-14-8-6-10-9(15-11(13)16-10)5-7(8)3-2-4-12/h2-3,5-6H,4,12H2,1H3/b3-2+. The van der Waals surface area contributed by atoms with Gasteiger partial charge in [-0.3, -0.25) is 0 Å². The quantitative estimate of drug-likeness (QED) is 0.884. The molecule has 5 heteroatoms. The lowest BCUT2D eigenvalue weighted by atomic mass is 10.2. The van der Waals surface area contributed by atoms with Crippen molar-refractivity contribution in [2.45, 2.75) is 0 Å². The molecule has 2 N–H and O–H groups in total. The topological polar surface area (TPSA) is 65.5 Å². The zero-order valence-corrected chi connectivity index (χ0v) is 9.54. The Morgan fingerprint density at radius 1 is 1.56 bits per heavy atom. The van der Waals surface area contributed by atoms with Gasteiger partial charge in [-0.1, -0.05) is 23.5 Å². The van der Waals surface area contributed by atoms with Crippen LogP contribution < -0.4 is 15.4 Å². The first kappa shape index (κ1) is 10.9. The zero-order chi connectivity index (χ0) is 11.5. The first-order valence-electron chi connectivity index (χ1n) is 4.73. The fraction of sp³-hybridized carbons (Fsp3) is 0.182. The molecular weight excluding hydrogens is 226 g/mol. The van der Waals surface area contributed by atoms with Gasteiger partial charge in [-0.05, 0) is 6.07 Å². The first-order chi connectivity index (χ1) is 7.74. The molecule has 0 aliphatic carbocycles. The summed E-state index contributed by atoms with van der Waals surface area (Å²) < 4.78 is 11.0. The average Bonchev–Trinajstić information content (AvgIpc) is 2.63. The molecule has 1 heterocycles. The van der Waals surface area contributed by atoms with Crippen molar-refractivity contribution in [3.63, 3.8) is 0 Å². The number of ether oxygens (including phenoxy) is 1. The van der Waals surface area contributed by atoms with Crippen molar-refractivity contribution in [2.75, 3.05) is 13.7 Å². The summed E-state index contributed by atoms with van der Waals surface area (Å²) in [7, 11) is 1.59. The van der Waals surface area contributed by atoms with E-state index in [4.69, 9.17) is 14.9 Å². The van der Waals surface area contributed by atoms with Crippen LogP contribution in [0.3, 0.4) is 0 Å². The van der Waals surface area contributed by atoms with Gasteiger partial charge in [0.25, 0.3) is 0 Å². The van der Waals surface area contributed by atoms with Crippen LogP contribution in [0.2, 0.25) is 0 Å². The van der Waals surface area contributed by atoms with Crippen molar-refractivity contribution >= 4 is 27.7 Å².